The average molecular weight is 423 g/mol. The molecule has 0 fully saturated rings. The molecule has 1 aliphatic rings. The minimum absolute atomic E-state index is 0.399. The third kappa shape index (κ3) is 4.04. The highest BCUT2D eigenvalue weighted by Gasteiger charge is 2.21. The molecule has 0 bridgehead atoms. The van der Waals surface area contributed by atoms with Crippen molar-refractivity contribution < 1.29 is 0 Å². The molecule has 3 aromatic heterocycles. The zero-order chi connectivity index (χ0) is 21.9. The number of fused-ring (bicyclic) bond motifs is 1. The lowest BCUT2D eigenvalue weighted by molar-refractivity contribution is 0.866. The summed E-state index contributed by atoms with van der Waals surface area (Å²) in [6.07, 6.45) is 4.59. The molecule has 0 saturated heterocycles. The second-order valence-electron chi connectivity index (χ2n) is 8.26. The maximum absolute atomic E-state index is 4.95. The number of rotatable bonds is 6. The van der Waals surface area contributed by atoms with Crippen LogP contribution in [0.5, 0.6) is 0 Å². The Kier molecular flexibility index (Phi) is 5.50. The van der Waals surface area contributed by atoms with Crippen LogP contribution in [0.15, 0.2) is 67.0 Å². The van der Waals surface area contributed by atoms with Crippen molar-refractivity contribution >= 4 is 11.6 Å². The summed E-state index contributed by atoms with van der Waals surface area (Å²) in [6.45, 7) is 5.93. The van der Waals surface area contributed by atoms with Gasteiger partial charge in [-0.25, -0.2) is 9.97 Å². The molecular formula is C26H26N6. The fourth-order valence-electron chi connectivity index (χ4n) is 4.02. The van der Waals surface area contributed by atoms with E-state index in [0.29, 0.717) is 12.5 Å². The Morgan fingerprint density at radius 3 is 2.56 bits per heavy atom. The maximum atomic E-state index is 4.95. The van der Waals surface area contributed by atoms with Gasteiger partial charge < -0.3 is 10.6 Å². The van der Waals surface area contributed by atoms with E-state index in [9.17, 15) is 0 Å². The van der Waals surface area contributed by atoms with E-state index in [2.05, 4.69) is 58.7 Å². The predicted molar refractivity (Wildman–Crippen MR) is 129 cm³/mol. The standard InChI is InChI=1S/C26H26N6/c1-17(2)19-7-3-4-8-20(19)26-31-24-21(12-14-28-24)25(32-26)30-16-18-10-11-23(29-15-18)22-9-5-6-13-27-22/h3-11,13,15,17H,12,14,16H2,1-2H3,(H2,28,30,31,32). The Morgan fingerprint density at radius 2 is 1.78 bits per heavy atom. The Balaban J connectivity index is 1.41. The van der Waals surface area contributed by atoms with Crippen LogP contribution in [0, 0.1) is 0 Å². The second kappa shape index (κ2) is 8.75. The van der Waals surface area contributed by atoms with E-state index >= 15 is 0 Å². The molecule has 1 aromatic carbocycles. The van der Waals surface area contributed by atoms with Gasteiger partial charge in [0.2, 0.25) is 0 Å². The predicted octanol–water partition coefficient (Wildman–Crippen LogP) is 5.30. The number of pyridine rings is 2. The molecule has 32 heavy (non-hydrogen) atoms. The highest BCUT2D eigenvalue weighted by atomic mass is 15.1. The van der Waals surface area contributed by atoms with Crippen molar-refractivity contribution in [2.24, 2.45) is 0 Å². The molecule has 2 N–H and O–H groups in total. The number of anilines is 2. The molecule has 1 aliphatic heterocycles. The molecule has 0 radical (unpaired) electrons. The lowest BCUT2D eigenvalue weighted by atomic mass is 9.97. The highest BCUT2D eigenvalue weighted by molar-refractivity contribution is 5.70. The van der Waals surface area contributed by atoms with E-state index in [4.69, 9.17) is 9.97 Å². The molecule has 4 aromatic rings. The van der Waals surface area contributed by atoms with Crippen molar-refractivity contribution in [3.8, 4) is 22.8 Å². The minimum Gasteiger partial charge on any atom is -0.369 e. The van der Waals surface area contributed by atoms with Crippen LogP contribution in [-0.2, 0) is 13.0 Å². The van der Waals surface area contributed by atoms with Crippen LogP contribution < -0.4 is 10.6 Å². The fraction of sp³-hybridized carbons (Fsp3) is 0.231. The van der Waals surface area contributed by atoms with Crippen LogP contribution in [0.4, 0.5) is 11.6 Å². The highest BCUT2D eigenvalue weighted by Crippen LogP contribution is 2.33. The third-order valence-electron chi connectivity index (χ3n) is 5.71. The molecule has 6 nitrogen and oxygen atoms in total. The van der Waals surface area contributed by atoms with Crippen LogP contribution in [0.1, 0.15) is 36.5 Å². The van der Waals surface area contributed by atoms with E-state index < -0.39 is 0 Å². The zero-order valence-corrected chi connectivity index (χ0v) is 18.3. The Labute approximate surface area is 188 Å². The molecule has 0 unspecified atom stereocenters. The molecule has 0 amide bonds. The number of hydrogen-bond donors (Lipinski definition) is 2. The summed E-state index contributed by atoms with van der Waals surface area (Å²) in [5.41, 5.74) is 6.32. The summed E-state index contributed by atoms with van der Waals surface area (Å²) in [7, 11) is 0. The molecular weight excluding hydrogens is 396 g/mol. The molecule has 0 atom stereocenters. The molecule has 0 spiro atoms. The van der Waals surface area contributed by atoms with Crippen molar-refractivity contribution in [2.45, 2.75) is 32.7 Å². The average Bonchev–Trinajstić information content (AvgIpc) is 3.32. The summed E-state index contributed by atoms with van der Waals surface area (Å²) in [4.78, 5) is 18.7. The van der Waals surface area contributed by atoms with E-state index in [0.717, 1.165) is 58.5 Å². The smallest absolute Gasteiger partial charge is 0.164 e. The number of benzene rings is 1. The van der Waals surface area contributed by atoms with E-state index in [1.165, 1.54) is 5.56 Å². The van der Waals surface area contributed by atoms with Crippen molar-refractivity contribution in [1.82, 2.24) is 19.9 Å². The first-order chi connectivity index (χ1) is 15.7. The minimum atomic E-state index is 0.399. The lowest BCUT2D eigenvalue weighted by Gasteiger charge is -2.15. The number of nitrogens with one attached hydrogen (secondary N) is 2. The molecule has 0 aliphatic carbocycles. The van der Waals surface area contributed by atoms with Crippen LogP contribution in [0.3, 0.4) is 0 Å². The number of hydrogen-bond acceptors (Lipinski definition) is 6. The Morgan fingerprint density at radius 1 is 0.938 bits per heavy atom. The van der Waals surface area contributed by atoms with Gasteiger partial charge in [0.15, 0.2) is 5.82 Å². The first-order valence-corrected chi connectivity index (χ1v) is 11.0. The van der Waals surface area contributed by atoms with Gasteiger partial charge in [-0.2, -0.15) is 0 Å². The van der Waals surface area contributed by atoms with Gasteiger partial charge in [0.25, 0.3) is 0 Å². The summed E-state index contributed by atoms with van der Waals surface area (Å²) in [5, 5.41) is 6.95. The topological polar surface area (TPSA) is 75.6 Å². The SMILES string of the molecule is CC(C)c1ccccc1-c1nc2c(c(NCc3ccc(-c4ccccn4)nc3)n1)CCN2. The molecule has 6 heteroatoms. The number of nitrogens with zero attached hydrogens (tertiary/aromatic N) is 4. The van der Waals surface area contributed by atoms with E-state index in [-0.39, 0.29) is 0 Å². The Hall–Kier alpha value is -3.80. The Bertz CT molecular complexity index is 1220. The molecule has 5 rings (SSSR count). The fourth-order valence-corrected chi connectivity index (χ4v) is 4.02. The van der Waals surface area contributed by atoms with Gasteiger partial charge in [-0.1, -0.05) is 50.2 Å². The van der Waals surface area contributed by atoms with Gasteiger partial charge >= 0.3 is 0 Å². The second-order valence-corrected chi connectivity index (χ2v) is 8.26. The third-order valence-corrected chi connectivity index (χ3v) is 5.71. The van der Waals surface area contributed by atoms with E-state index in [1.54, 1.807) is 6.20 Å². The summed E-state index contributed by atoms with van der Waals surface area (Å²) < 4.78 is 0. The van der Waals surface area contributed by atoms with Crippen LogP contribution in [0.25, 0.3) is 22.8 Å². The summed E-state index contributed by atoms with van der Waals surface area (Å²) >= 11 is 0. The van der Waals surface area contributed by atoms with Crippen LogP contribution in [-0.4, -0.2) is 26.5 Å². The first-order valence-electron chi connectivity index (χ1n) is 11.0. The lowest BCUT2D eigenvalue weighted by Crippen LogP contribution is -2.07. The zero-order valence-electron chi connectivity index (χ0n) is 18.3. The van der Waals surface area contributed by atoms with Gasteiger partial charge in [-0.3, -0.25) is 9.97 Å². The number of aromatic nitrogens is 4. The van der Waals surface area contributed by atoms with Crippen molar-refractivity contribution in [3.05, 3.63) is 83.7 Å². The van der Waals surface area contributed by atoms with Crippen LogP contribution in [0.2, 0.25) is 0 Å². The van der Waals surface area contributed by atoms with Crippen molar-refractivity contribution in [1.29, 1.82) is 0 Å². The normalized spacial score (nSPS) is 12.5. The maximum Gasteiger partial charge on any atom is 0.164 e. The largest absolute Gasteiger partial charge is 0.369 e. The quantitative estimate of drug-likeness (QED) is 0.439. The monoisotopic (exact) mass is 422 g/mol. The van der Waals surface area contributed by atoms with Gasteiger partial charge in [0.1, 0.15) is 11.6 Å². The van der Waals surface area contributed by atoms with Gasteiger partial charge in [0.05, 0.1) is 11.4 Å². The first kappa shape index (κ1) is 20.1. The van der Waals surface area contributed by atoms with Crippen molar-refractivity contribution in [3.63, 3.8) is 0 Å². The molecule has 160 valence electrons. The molecule has 0 saturated carbocycles. The van der Waals surface area contributed by atoms with Gasteiger partial charge in [-0.15, -0.1) is 0 Å². The summed E-state index contributed by atoms with van der Waals surface area (Å²) in [6, 6.07) is 18.3. The van der Waals surface area contributed by atoms with Gasteiger partial charge in [0, 0.05) is 36.6 Å². The van der Waals surface area contributed by atoms with Gasteiger partial charge in [-0.05, 0) is 41.7 Å². The van der Waals surface area contributed by atoms with E-state index in [1.807, 2.05) is 36.5 Å². The van der Waals surface area contributed by atoms with Crippen molar-refractivity contribution in [2.75, 3.05) is 17.2 Å². The van der Waals surface area contributed by atoms with Crippen LogP contribution >= 0.6 is 0 Å². The molecule has 4 heterocycles. The summed E-state index contributed by atoms with van der Waals surface area (Å²) in [5.74, 6) is 2.98.